The van der Waals surface area contributed by atoms with E-state index in [0.29, 0.717) is 0 Å². The monoisotopic (exact) mass is 456 g/mol. The fourth-order valence-electron chi connectivity index (χ4n) is 2.67. The highest BCUT2D eigenvalue weighted by molar-refractivity contribution is 8.01. The van der Waals surface area contributed by atoms with E-state index < -0.39 is 11.9 Å². The van der Waals surface area contributed by atoms with Crippen molar-refractivity contribution in [3.63, 3.8) is 0 Å². The first-order valence-electron chi connectivity index (χ1n) is 9.17. The first kappa shape index (κ1) is 22.5. The highest BCUT2D eigenvalue weighted by Gasteiger charge is 2.18. The third kappa shape index (κ3) is 5.71. The van der Waals surface area contributed by atoms with Crippen LogP contribution in [0.15, 0.2) is 52.2 Å². The van der Waals surface area contributed by atoms with Gasteiger partial charge in [0.2, 0.25) is 5.91 Å². The van der Waals surface area contributed by atoms with Crippen LogP contribution < -0.4 is 5.32 Å². The zero-order valence-corrected chi connectivity index (χ0v) is 18.8. The van der Waals surface area contributed by atoms with Gasteiger partial charge < -0.3 is 14.8 Å². The molecule has 0 aliphatic rings. The molecule has 9 heteroatoms. The number of thioether (sulfide) groups is 1. The van der Waals surface area contributed by atoms with Gasteiger partial charge in [0.05, 0.1) is 42.5 Å². The molecule has 7 nitrogen and oxygen atoms in total. The second-order valence-electron chi connectivity index (χ2n) is 6.45. The number of esters is 2. The van der Waals surface area contributed by atoms with Crippen molar-refractivity contribution in [2.75, 3.05) is 25.3 Å². The number of hydrogen-bond donors (Lipinski definition) is 1. The van der Waals surface area contributed by atoms with Gasteiger partial charge in [-0.3, -0.25) is 4.79 Å². The van der Waals surface area contributed by atoms with E-state index in [2.05, 4.69) is 10.3 Å². The number of ether oxygens (including phenoxy) is 2. The number of methoxy groups -OCH3 is 2. The van der Waals surface area contributed by atoms with Gasteiger partial charge in [0.15, 0.2) is 4.34 Å². The van der Waals surface area contributed by atoms with Crippen molar-refractivity contribution < 1.29 is 23.9 Å². The molecule has 0 atom stereocenters. The summed E-state index contributed by atoms with van der Waals surface area (Å²) in [7, 11) is 2.50. The van der Waals surface area contributed by atoms with Crippen LogP contribution in [0.25, 0.3) is 11.3 Å². The van der Waals surface area contributed by atoms with E-state index in [1.165, 1.54) is 61.1 Å². The first-order valence-corrected chi connectivity index (χ1v) is 11.0. The number of benzene rings is 2. The van der Waals surface area contributed by atoms with Crippen molar-refractivity contribution in [2.45, 2.75) is 11.3 Å². The number of thiazole rings is 1. The maximum atomic E-state index is 12.5. The highest BCUT2D eigenvalue weighted by atomic mass is 32.2. The van der Waals surface area contributed by atoms with E-state index in [1.54, 1.807) is 0 Å². The molecule has 160 valence electrons. The van der Waals surface area contributed by atoms with Crippen LogP contribution in [0.2, 0.25) is 0 Å². The number of carbonyl (C=O) groups excluding carboxylic acids is 3. The Hall–Kier alpha value is -3.17. The molecule has 1 aromatic heterocycles. The Morgan fingerprint density at radius 2 is 1.74 bits per heavy atom. The number of nitrogens with zero attached hydrogens (tertiary/aromatic N) is 1. The number of nitrogens with one attached hydrogen (secondary N) is 1. The largest absolute Gasteiger partial charge is 0.465 e. The van der Waals surface area contributed by atoms with Crippen LogP contribution in [-0.4, -0.2) is 42.8 Å². The third-order valence-electron chi connectivity index (χ3n) is 4.28. The van der Waals surface area contributed by atoms with Gasteiger partial charge in [0.1, 0.15) is 0 Å². The Morgan fingerprint density at radius 3 is 2.42 bits per heavy atom. The van der Waals surface area contributed by atoms with Gasteiger partial charge >= 0.3 is 11.9 Å². The van der Waals surface area contributed by atoms with Crippen LogP contribution >= 0.6 is 23.1 Å². The fourth-order valence-corrected chi connectivity index (χ4v) is 4.31. The van der Waals surface area contributed by atoms with Crippen molar-refractivity contribution in [1.82, 2.24) is 4.98 Å². The maximum absolute atomic E-state index is 12.5. The van der Waals surface area contributed by atoms with Crippen LogP contribution in [-0.2, 0) is 14.3 Å². The number of amides is 1. The lowest BCUT2D eigenvalue weighted by molar-refractivity contribution is -0.113. The SMILES string of the molecule is COC(=O)c1ccc(C(=O)OC)c(NC(=O)CSc2nc(-c3ccc(C)cc3)cs2)c1. The Kier molecular flexibility index (Phi) is 7.43. The van der Waals surface area contributed by atoms with Crippen LogP contribution in [0, 0.1) is 6.92 Å². The first-order chi connectivity index (χ1) is 14.9. The minimum absolute atomic E-state index is 0.0872. The Bertz CT molecular complexity index is 1110. The van der Waals surface area contributed by atoms with Gasteiger partial charge in [0.25, 0.3) is 0 Å². The number of anilines is 1. The lowest BCUT2D eigenvalue weighted by atomic mass is 10.1. The predicted octanol–water partition coefficient (Wildman–Crippen LogP) is 4.42. The van der Waals surface area contributed by atoms with E-state index in [9.17, 15) is 14.4 Å². The number of carbonyl (C=O) groups is 3. The molecule has 3 aromatic rings. The Morgan fingerprint density at radius 1 is 1.03 bits per heavy atom. The van der Waals surface area contributed by atoms with Crippen LogP contribution in [0.4, 0.5) is 5.69 Å². The van der Waals surface area contributed by atoms with Crippen molar-refractivity contribution in [3.05, 3.63) is 64.5 Å². The zero-order chi connectivity index (χ0) is 22.4. The quantitative estimate of drug-likeness (QED) is 0.415. The molecule has 2 aromatic carbocycles. The molecule has 1 heterocycles. The van der Waals surface area contributed by atoms with E-state index in [1.807, 2.05) is 36.6 Å². The second kappa shape index (κ2) is 10.2. The molecule has 0 fully saturated rings. The lowest BCUT2D eigenvalue weighted by Crippen LogP contribution is -2.18. The Labute approximate surface area is 187 Å². The van der Waals surface area contributed by atoms with Gasteiger partial charge in [-0.05, 0) is 25.1 Å². The number of aromatic nitrogens is 1. The summed E-state index contributed by atoms with van der Waals surface area (Å²) < 4.78 is 10.2. The summed E-state index contributed by atoms with van der Waals surface area (Å²) in [5.41, 5.74) is 3.57. The molecule has 3 rings (SSSR count). The molecule has 1 N–H and O–H groups in total. The summed E-state index contributed by atoms with van der Waals surface area (Å²) in [5.74, 6) is -1.46. The molecule has 0 spiro atoms. The molecule has 0 saturated carbocycles. The van der Waals surface area contributed by atoms with Crippen LogP contribution in [0.1, 0.15) is 26.3 Å². The van der Waals surface area contributed by atoms with Crippen LogP contribution in [0.3, 0.4) is 0 Å². The van der Waals surface area contributed by atoms with E-state index in [0.717, 1.165) is 15.6 Å². The maximum Gasteiger partial charge on any atom is 0.339 e. The highest BCUT2D eigenvalue weighted by Crippen LogP contribution is 2.29. The Balaban J connectivity index is 1.68. The smallest absolute Gasteiger partial charge is 0.339 e. The number of rotatable bonds is 7. The minimum atomic E-state index is -0.623. The molecule has 0 aliphatic heterocycles. The van der Waals surface area contributed by atoms with Gasteiger partial charge in [-0.2, -0.15) is 0 Å². The summed E-state index contributed by atoms with van der Waals surface area (Å²) in [6.07, 6.45) is 0. The number of hydrogen-bond acceptors (Lipinski definition) is 8. The predicted molar refractivity (Wildman–Crippen MR) is 121 cm³/mol. The standard InChI is InChI=1S/C22H20N2O5S2/c1-13-4-6-14(7-5-13)18-11-30-22(24-18)31-12-19(25)23-17-10-15(20(26)28-2)8-9-16(17)21(27)29-3/h4-11H,12H2,1-3H3,(H,23,25). The summed E-state index contributed by atoms with van der Waals surface area (Å²) in [6.45, 7) is 2.03. The van der Waals surface area contributed by atoms with Gasteiger partial charge in [0, 0.05) is 10.9 Å². The van der Waals surface area contributed by atoms with Crippen molar-refractivity contribution >= 4 is 46.6 Å². The molecule has 31 heavy (non-hydrogen) atoms. The lowest BCUT2D eigenvalue weighted by Gasteiger charge is -2.11. The van der Waals surface area contributed by atoms with Gasteiger partial charge in [-0.15, -0.1) is 11.3 Å². The van der Waals surface area contributed by atoms with E-state index >= 15 is 0 Å². The normalized spacial score (nSPS) is 10.4. The topological polar surface area (TPSA) is 94.6 Å². The van der Waals surface area contributed by atoms with Crippen molar-refractivity contribution in [2.24, 2.45) is 0 Å². The molecule has 0 radical (unpaired) electrons. The minimum Gasteiger partial charge on any atom is -0.465 e. The summed E-state index contributed by atoms with van der Waals surface area (Å²) in [5, 5.41) is 4.61. The second-order valence-corrected chi connectivity index (χ2v) is 8.53. The average Bonchev–Trinajstić information content (AvgIpc) is 3.26. The molecule has 1 amide bonds. The molecule has 0 unspecified atom stereocenters. The van der Waals surface area contributed by atoms with Crippen molar-refractivity contribution in [1.29, 1.82) is 0 Å². The molecule has 0 bridgehead atoms. The summed E-state index contributed by atoms with van der Waals surface area (Å²) in [4.78, 5) is 40.8. The van der Waals surface area contributed by atoms with Crippen molar-refractivity contribution in [3.8, 4) is 11.3 Å². The zero-order valence-electron chi connectivity index (χ0n) is 17.1. The fraction of sp³-hybridized carbons (Fsp3) is 0.182. The summed E-state index contributed by atoms with van der Waals surface area (Å²) >= 11 is 2.74. The third-order valence-corrected chi connectivity index (χ3v) is 6.30. The van der Waals surface area contributed by atoms with Gasteiger partial charge in [-0.25, -0.2) is 14.6 Å². The molecular formula is C22H20N2O5S2. The van der Waals surface area contributed by atoms with Gasteiger partial charge in [-0.1, -0.05) is 41.6 Å². The van der Waals surface area contributed by atoms with E-state index in [4.69, 9.17) is 9.47 Å². The summed E-state index contributed by atoms with van der Waals surface area (Å²) in [6, 6.07) is 12.3. The van der Waals surface area contributed by atoms with E-state index in [-0.39, 0.29) is 28.5 Å². The number of aryl methyl sites for hydroxylation is 1. The average molecular weight is 457 g/mol. The molecule has 0 aliphatic carbocycles. The molecular weight excluding hydrogens is 436 g/mol. The van der Waals surface area contributed by atoms with Crippen LogP contribution in [0.5, 0.6) is 0 Å². The molecule has 0 saturated heterocycles.